The van der Waals surface area contributed by atoms with Gasteiger partial charge in [0.2, 0.25) is 0 Å². The van der Waals surface area contributed by atoms with Gasteiger partial charge in [-0.15, -0.1) is 0 Å². The molecule has 1 aromatic carbocycles. The summed E-state index contributed by atoms with van der Waals surface area (Å²) in [6.45, 7) is 4.24. The second-order valence-corrected chi connectivity index (χ2v) is 5.32. The minimum absolute atomic E-state index is 0.764. The SMILES string of the molecule is CCCc1c(-c2cccc(C)c2Br)nn(C)c1N. The highest BCUT2D eigenvalue weighted by Crippen LogP contribution is 2.34. The van der Waals surface area contributed by atoms with Crippen molar-refractivity contribution in [2.24, 2.45) is 7.05 Å². The molecule has 0 saturated carbocycles. The highest BCUT2D eigenvalue weighted by Gasteiger charge is 2.17. The van der Waals surface area contributed by atoms with E-state index in [0.717, 1.165) is 40.0 Å². The van der Waals surface area contributed by atoms with Gasteiger partial charge in [0.25, 0.3) is 0 Å². The van der Waals surface area contributed by atoms with Crippen LogP contribution < -0.4 is 5.73 Å². The van der Waals surface area contributed by atoms with E-state index >= 15 is 0 Å². The Hall–Kier alpha value is -1.29. The predicted molar refractivity (Wildman–Crippen MR) is 79.5 cm³/mol. The van der Waals surface area contributed by atoms with Crippen LogP contribution in [0, 0.1) is 6.92 Å². The van der Waals surface area contributed by atoms with Gasteiger partial charge in [0.15, 0.2) is 0 Å². The summed E-state index contributed by atoms with van der Waals surface area (Å²) < 4.78 is 2.86. The molecule has 0 aliphatic carbocycles. The Bertz CT molecular complexity index is 573. The second-order valence-electron chi connectivity index (χ2n) is 4.52. The molecule has 0 unspecified atom stereocenters. The van der Waals surface area contributed by atoms with Crippen molar-refractivity contribution in [2.45, 2.75) is 26.7 Å². The van der Waals surface area contributed by atoms with E-state index in [1.807, 2.05) is 7.05 Å². The third-order valence-electron chi connectivity index (χ3n) is 3.14. The second kappa shape index (κ2) is 5.14. The van der Waals surface area contributed by atoms with Gasteiger partial charge in [-0.2, -0.15) is 5.10 Å². The lowest BCUT2D eigenvalue weighted by Crippen LogP contribution is -1.99. The van der Waals surface area contributed by atoms with Crippen LogP contribution in [0.5, 0.6) is 0 Å². The fourth-order valence-corrected chi connectivity index (χ4v) is 2.58. The van der Waals surface area contributed by atoms with Crippen LogP contribution in [-0.2, 0) is 13.5 Å². The van der Waals surface area contributed by atoms with Crippen molar-refractivity contribution in [3.8, 4) is 11.3 Å². The van der Waals surface area contributed by atoms with Crippen LogP contribution in [0.25, 0.3) is 11.3 Å². The molecule has 18 heavy (non-hydrogen) atoms. The Morgan fingerprint density at radius 2 is 2.11 bits per heavy atom. The van der Waals surface area contributed by atoms with Crippen LogP contribution in [-0.4, -0.2) is 9.78 Å². The fourth-order valence-electron chi connectivity index (χ4n) is 2.12. The molecule has 96 valence electrons. The summed E-state index contributed by atoms with van der Waals surface area (Å²) in [7, 11) is 1.89. The van der Waals surface area contributed by atoms with E-state index in [9.17, 15) is 0 Å². The topological polar surface area (TPSA) is 43.8 Å². The van der Waals surface area contributed by atoms with Gasteiger partial charge in [-0.1, -0.05) is 31.5 Å². The molecule has 0 aliphatic heterocycles. The van der Waals surface area contributed by atoms with Crippen LogP contribution in [0.2, 0.25) is 0 Å². The minimum Gasteiger partial charge on any atom is -0.384 e. The van der Waals surface area contributed by atoms with Crippen LogP contribution >= 0.6 is 15.9 Å². The molecule has 1 aromatic heterocycles. The van der Waals surface area contributed by atoms with Crippen molar-refractivity contribution in [3.63, 3.8) is 0 Å². The number of anilines is 1. The highest BCUT2D eigenvalue weighted by molar-refractivity contribution is 9.10. The molecule has 1 heterocycles. The third-order valence-corrected chi connectivity index (χ3v) is 4.19. The maximum atomic E-state index is 6.10. The average molecular weight is 308 g/mol. The van der Waals surface area contributed by atoms with Gasteiger partial charge in [-0.3, -0.25) is 4.68 Å². The van der Waals surface area contributed by atoms with Gasteiger partial charge >= 0.3 is 0 Å². The molecule has 3 nitrogen and oxygen atoms in total. The van der Waals surface area contributed by atoms with E-state index in [2.05, 4.69) is 53.1 Å². The molecular formula is C14H18BrN3. The van der Waals surface area contributed by atoms with E-state index in [1.165, 1.54) is 5.56 Å². The van der Waals surface area contributed by atoms with Crippen molar-refractivity contribution < 1.29 is 0 Å². The quantitative estimate of drug-likeness (QED) is 0.939. The number of nitrogens with two attached hydrogens (primary N) is 1. The maximum absolute atomic E-state index is 6.10. The van der Waals surface area contributed by atoms with Crippen molar-refractivity contribution in [3.05, 3.63) is 33.8 Å². The summed E-state index contributed by atoms with van der Waals surface area (Å²) in [5, 5.41) is 4.56. The first kappa shape index (κ1) is 13.1. The van der Waals surface area contributed by atoms with Gasteiger partial charge in [0.05, 0.1) is 5.69 Å². The van der Waals surface area contributed by atoms with Gasteiger partial charge in [-0.25, -0.2) is 0 Å². The standard InChI is InChI=1S/C14H18BrN3/c1-4-6-11-13(17-18(3)14(11)16)10-8-5-7-9(2)12(10)15/h5,7-8H,4,6,16H2,1-3H3. The van der Waals surface area contributed by atoms with Crippen LogP contribution in [0.3, 0.4) is 0 Å². The van der Waals surface area contributed by atoms with Crippen molar-refractivity contribution in [1.82, 2.24) is 9.78 Å². The number of benzene rings is 1. The summed E-state index contributed by atoms with van der Waals surface area (Å²) >= 11 is 3.65. The van der Waals surface area contributed by atoms with E-state index < -0.39 is 0 Å². The molecule has 0 radical (unpaired) electrons. The smallest absolute Gasteiger partial charge is 0.125 e. The van der Waals surface area contributed by atoms with Crippen LogP contribution in [0.15, 0.2) is 22.7 Å². The molecule has 2 N–H and O–H groups in total. The monoisotopic (exact) mass is 307 g/mol. The Morgan fingerprint density at radius 1 is 1.39 bits per heavy atom. The number of halogens is 1. The summed E-state index contributed by atoms with van der Waals surface area (Å²) in [5.74, 6) is 0.764. The molecule has 0 spiro atoms. The third kappa shape index (κ3) is 2.17. The minimum atomic E-state index is 0.764. The largest absolute Gasteiger partial charge is 0.384 e. The molecule has 2 rings (SSSR count). The number of nitrogen functional groups attached to an aromatic ring is 1. The molecule has 0 saturated heterocycles. The van der Waals surface area contributed by atoms with Gasteiger partial charge in [0, 0.05) is 22.6 Å². The molecule has 0 amide bonds. The normalized spacial score (nSPS) is 10.9. The molecule has 0 bridgehead atoms. The highest BCUT2D eigenvalue weighted by atomic mass is 79.9. The number of hydrogen-bond acceptors (Lipinski definition) is 2. The van der Waals surface area contributed by atoms with Crippen LogP contribution in [0.4, 0.5) is 5.82 Å². The Morgan fingerprint density at radius 3 is 2.78 bits per heavy atom. The number of hydrogen-bond donors (Lipinski definition) is 1. The lowest BCUT2D eigenvalue weighted by molar-refractivity contribution is 0.781. The molecule has 2 aromatic rings. The Balaban J connectivity index is 2.63. The summed E-state index contributed by atoms with van der Waals surface area (Å²) in [6.07, 6.45) is 2.02. The zero-order valence-corrected chi connectivity index (χ0v) is 12.6. The van der Waals surface area contributed by atoms with E-state index in [-0.39, 0.29) is 0 Å². The van der Waals surface area contributed by atoms with Gasteiger partial charge < -0.3 is 5.73 Å². The summed E-state index contributed by atoms with van der Waals surface area (Å²) in [6, 6.07) is 6.22. The molecule has 0 fully saturated rings. The molecule has 0 atom stereocenters. The molecule has 0 aliphatic rings. The van der Waals surface area contributed by atoms with Crippen molar-refractivity contribution in [2.75, 3.05) is 5.73 Å². The van der Waals surface area contributed by atoms with Crippen molar-refractivity contribution in [1.29, 1.82) is 0 Å². The predicted octanol–water partition coefficient (Wildman–Crippen LogP) is 3.69. The first-order chi connectivity index (χ1) is 8.56. The zero-order chi connectivity index (χ0) is 13.3. The number of aryl methyl sites for hydroxylation is 2. The van der Waals surface area contributed by atoms with Gasteiger partial charge in [-0.05, 0) is 34.8 Å². The first-order valence-electron chi connectivity index (χ1n) is 6.13. The van der Waals surface area contributed by atoms with Gasteiger partial charge in [0.1, 0.15) is 5.82 Å². The number of aromatic nitrogens is 2. The molecular weight excluding hydrogens is 290 g/mol. The average Bonchev–Trinajstić information content (AvgIpc) is 2.61. The lowest BCUT2D eigenvalue weighted by atomic mass is 10.0. The fraction of sp³-hybridized carbons (Fsp3) is 0.357. The van der Waals surface area contributed by atoms with Crippen molar-refractivity contribution >= 4 is 21.7 Å². The van der Waals surface area contributed by atoms with E-state index in [0.29, 0.717) is 0 Å². The van der Waals surface area contributed by atoms with E-state index in [4.69, 9.17) is 5.73 Å². The van der Waals surface area contributed by atoms with Crippen LogP contribution in [0.1, 0.15) is 24.5 Å². The first-order valence-corrected chi connectivity index (χ1v) is 6.92. The molecule has 4 heteroatoms. The Kier molecular flexibility index (Phi) is 3.76. The lowest BCUT2D eigenvalue weighted by Gasteiger charge is -2.06. The number of rotatable bonds is 3. The Labute approximate surface area is 116 Å². The zero-order valence-electron chi connectivity index (χ0n) is 11.0. The summed E-state index contributed by atoms with van der Waals surface area (Å²) in [5.41, 5.74) is 10.6. The van der Waals surface area contributed by atoms with E-state index in [1.54, 1.807) is 4.68 Å². The summed E-state index contributed by atoms with van der Waals surface area (Å²) in [4.78, 5) is 0. The maximum Gasteiger partial charge on any atom is 0.125 e. The number of nitrogens with zero attached hydrogens (tertiary/aromatic N) is 2.